The lowest BCUT2D eigenvalue weighted by atomic mass is 10.1. The zero-order valence-electron chi connectivity index (χ0n) is 19.2. The van der Waals surface area contributed by atoms with Crippen LogP contribution in [0.2, 0.25) is 10.0 Å². The van der Waals surface area contributed by atoms with E-state index in [4.69, 9.17) is 23.2 Å². The molecule has 0 heterocycles. The van der Waals surface area contributed by atoms with E-state index in [9.17, 15) is 22.4 Å². The molecular formula is C23H28Cl2FN3O4S. The summed E-state index contributed by atoms with van der Waals surface area (Å²) in [5.74, 6) is -1.38. The van der Waals surface area contributed by atoms with E-state index in [0.29, 0.717) is 24.9 Å². The van der Waals surface area contributed by atoms with Crippen molar-refractivity contribution in [3.05, 3.63) is 63.9 Å². The summed E-state index contributed by atoms with van der Waals surface area (Å²) in [7, 11) is -3.89. The van der Waals surface area contributed by atoms with Crippen LogP contribution in [-0.4, -0.2) is 50.5 Å². The molecule has 2 aromatic carbocycles. The fourth-order valence-electron chi connectivity index (χ4n) is 3.33. The number of nitrogens with zero attached hydrogens (tertiary/aromatic N) is 2. The fourth-order valence-corrected chi connectivity index (χ4v) is 4.46. The summed E-state index contributed by atoms with van der Waals surface area (Å²) in [6, 6.07) is 8.93. The van der Waals surface area contributed by atoms with Crippen molar-refractivity contribution >= 4 is 50.7 Å². The van der Waals surface area contributed by atoms with Crippen LogP contribution in [0, 0.1) is 5.82 Å². The second kappa shape index (κ2) is 12.4. The van der Waals surface area contributed by atoms with E-state index in [-0.39, 0.29) is 28.2 Å². The first kappa shape index (κ1) is 27.9. The molecule has 11 heteroatoms. The lowest BCUT2D eigenvalue weighted by Gasteiger charge is -2.33. The largest absolute Gasteiger partial charge is 0.354 e. The van der Waals surface area contributed by atoms with Crippen molar-refractivity contribution in [1.82, 2.24) is 10.2 Å². The Morgan fingerprint density at radius 3 is 2.24 bits per heavy atom. The number of halogens is 3. The number of anilines is 1. The van der Waals surface area contributed by atoms with E-state index in [1.54, 1.807) is 6.92 Å². The third kappa shape index (κ3) is 7.58. The number of hydrogen-bond donors (Lipinski definition) is 1. The van der Waals surface area contributed by atoms with Crippen LogP contribution in [0.1, 0.15) is 32.3 Å². The molecule has 0 aliphatic rings. The molecule has 0 bridgehead atoms. The minimum Gasteiger partial charge on any atom is -0.354 e. The third-order valence-corrected chi connectivity index (χ3v) is 6.95. The molecule has 0 radical (unpaired) electrons. The first-order chi connectivity index (χ1) is 16.0. The molecule has 2 aromatic rings. The molecule has 0 aliphatic heterocycles. The smallest absolute Gasteiger partial charge is 0.244 e. The number of benzene rings is 2. The maximum Gasteiger partial charge on any atom is 0.244 e. The summed E-state index contributed by atoms with van der Waals surface area (Å²) in [4.78, 5) is 27.6. The number of sulfonamides is 1. The predicted molar refractivity (Wildman–Crippen MR) is 133 cm³/mol. The Labute approximate surface area is 209 Å². The van der Waals surface area contributed by atoms with Crippen molar-refractivity contribution in [2.24, 2.45) is 0 Å². The molecule has 0 fully saturated rings. The van der Waals surface area contributed by atoms with Crippen LogP contribution in [0.4, 0.5) is 10.1 Å². The molecular weight excluding hydrogens is 504 g/mol. The maximum atomic E-state index is 13.5. The van der Waals surface area contributed by atoms with Crippen LogP contribution in [0.15, 0.2) is 42.5 Å². The highest BCUT2D eigenvalue weighted by Crippen LogP contribution is 2.28. The van der Waals surface area contributed by atoms with E-state index < -0.39 is 34.3 Å². The highest BCUT2D eigenvalue weighted by molar-refractivity contribution is 7.92. The normalized spacial score (nSPS) is 12.2. The second-order valence-electron chi connectivity index (χ2n) is 7.73. The predicted octanol–water partition coefficient (Wildman–Crippen LogP) is 4.23. The Morgan fingerprint density at radius 1 is 1.06 bits per heavy atom. The summed E-state index contributed by atoms with van der Waals surface area (Å²) in [6.45, 7) is 3.54. The van der Waals surface area contributed by atoms with Crippen molar-refractivity contribution in [1.29, 1.82) is 0 Å². The number of rotatable bonds is 11. The van der Waals surface area contributed by atoms with Crippen molar-refractivity contribution < 1.29 is 22.4 Å². The van der Waals surface area contributed by atoms with E-state index >= 15 is 0 Å². The van der Waals surface area contributed by atoms with Crippen molar-refractivity contribution in [2.45, 2.75) is 39.3 Å². The number of carbonyl (C=O) groups excluding carboxylic acids is 2. The van der Waals surface area contributed by atoms with Gasteiger partial charge in [-0.25, -0.2) is 12.8 Å². The average molecular weight is 532 g/mol. The molecule has 2 rings (SSSR count). The van der Waals surface area contributed by atoms with Crippen molar-refractivity contribution in [3.63, 3.8) is 0 Å². The first-order valence-electron chi connectivity index (χ1n) is 10.7. The summed E-state index contributed by atoms with van der Waals surface area (Å²) in [5.41, 5.74) is 0.757. The zero-order valence-corrected chi connectivity index (χ0v) is 21.6. The summed E-state index contributed by atoms with van der Waals surface area (Å²) < 4.78 is 39.4. The molecule has 0 aromatic heterocycles. The monoisotopic (exact) mass is 531 g/mol. The number of hydrogen-bond acceptors (Lipinski definition) is 4. The van der Waals surface area contributed by atoms with Gasteiger partial charge in [0.1, 0.15) is 18.4 Å². The molecule has 0 spiro atoms. The van der Waals surface area contributed by atoms with E-state index in [0.717, 1.165) is 10.6 Å². The van der Waals surface area contributed by atoms with Crippen molar-refractivity contribution in [3.8, 4) is 0 Å². The van der Waals surface area contributed by atoms with Gasteiger partial charge in [-0.1, -0.05) is 49.2 Å². The quantitative estimate of drug-likeness (QED) is 0.469. The van der Waals surface area contributed by atoms with Gasteiger partial charge in [-0.2, -0.15) is 0 Å². The molecule has 2 amide bonds. The fraction of sp³-hybridized carbons (Fsp3) is 0.391. The molecule has 1 atom stereocenters. The zero-order chi connectivity index (χ0) is 25.5. The highest BCUT2D eigenvalue weighted by atomic mass is 35.5. The van der Waals surface area contributed by atoms with Crippen LogP contribution >= 0.6 is 23.2 Å². The van der Waals surface area contributed by atoms with Gasteiger partial charge in [0.05, 0.1) is 22.0 Å². The Kier molecular flexibility index (Phi) is 10.1. The Bertz CT molecular complexity index is 1110. The average Bonchev–Trinajstić information content (AvgIpc) is 2.78. The van der Waals surface area contributed by atoms with E-state index in [1.807, 2.05) is 6.92 Å². The molecule has 34 heavy (non-hydrogen) atoms. The van der Waals surface area contributed by atoms with Gasteiger partial charge < -0.3 is 10.2 Å². The van der Waals surface area contributed by atoms with Crippen LogP contribution in [0.25, 0.3) is 0 Å². The van der Waals surface area contributed by atoms with Gasteiger partial charge in [0.25, 0.3) is 0 Å². The molecule has 0 saturated heterocycles. The topological polar surface area (TPSA) is 86.8 Å². The summed E-state index contributed by atoms with van der Waals surface area (Å²) in [5, 5.41) is 3.16. The maximum absolute atomic E-state index is 13.5. The van der Waals surface area contributed by atoms with Gasteiger partial charge in [-0.3, -0.25) is 13.9 Å². The number of carbonyl (C=O) groups is 2. The van der Waals surface area contributed by atoms with Crippen LogP contribution in [0.3, 0.4) is 0 Å². The first-order valence-corrected chi connectivity index (χ1v) is 13.3. The van der Waals surface area contributed by atoms with E-state index in [2.05, 4.69) is 5.32 Å². The number of amides is 2. The Balaban J connectivity index is 2.43. The van der Waals surface area contributed by atoms with Crippen LogP contribution < -0.4 is 9.62 Å². The minimum absolute atomic E-state index is 0.00383. The highest BCUT2D eigenvalue weighted by Gasteiger charge is 2.31. The molecule has 7 nitrogen and oxygen atoms in total. The minimum atomic E-state index is -3.89. The number of nitrogens with one attached hydrogen (secondary N) is 1. The lowest BCUT2D eigenvalue weighted by molar-refractivity contribution is -0.140. The SMILES string of the molecule is CCCNC(=O)[C@@H](CC)N(Cc1ccc(F)cc1)C(=O)CN(c1ccc(Cl)c(Cl)c1)S(C)(=O)=O. The van der Waals surface area contributed by atoms with Gasteiger partial charge in [0.2, 0.25) is 21.8 Å². The third-order valence-electron chi connectivity index (χ3n) is 5.07. The van der Waals surface area contributed by atoms with Crippen molar-refractivity contribution in [2.75, 3.05) is 23.7 Å². The molecule has 1 N–H and O–H groups in total. The van der Waals surface area contributed by atoms with Crippen LogP contribution in [-0.2, 0) is 26.2 Å². The van der Waals surface area contributed by atoms with Crippen LogP contribution in [0.5, 0.6) is 0 Å². The Morgan fingerprint density at radius 2 is 1.71 bits per heavy atom. The molecule has 0 saturated carbocycles. The van der Waals surface area contributed by atoms with E-state index in [1.165, 1.54) is 47.4 Å². The second-order valence-corrected chi connectivity index (χ2v) is 10.5. The van der Waals surface area contributed by atoms with Gasteiger partial charge in [-0.05, 0) is 48.7 Å². The molecule has 186 valence electrons. The Hall–Kier alpha value is -2.36. The van der Waals surface area contributed by atoms with Gasteiger partial charge in [0, 0.05) is 13.1 Å². The standard InChI is InChI=1S/C23H28Cl2FN3O4S/c1-4-12-27-23(31)21(5-2)28(14-16-6-8-17(26)9-7-16)22(30)15-29(34(3,32)33)18-10-11-19(24)20(25)13-18/h6-11,13,21H,4-5,12,14-15H2,1-3H3,(H,27,31)/t21-/m1/s1. The van der Waals surface area contributed by atoms with Gasteiger partial charge in [0.15, 0.2) is 0 Å². The lowest BCUT2D eigenvalue weighted by Crippen LogP contribution is -2.52. The molecule has 0 unspecified atom stereocenters. The molecule has 0 aliphatic carbocycles. The van der Waals surface area contributed by atoms with Gasteiger partial charge >= 0.3 is 0 Å². The summed E-state index contributed by atoms with van der Waals surface area (Å²) in [6.07, 6.45) is 1.99. The summed E-state index contributed by atoms with van der Waals surface area (Å²) >= 11 is 12.0. The van der Waals surface area contributed by atoms with Gasteiger partial charge in [-0.15, -0.1) is 0 Å².